The van der Waals surface area contributed by atoms with E-state index >= 15 is 0 Å². The predicted octanol–water partition coefficient (Wildman–Crippen LogP) is 0.937. The van der Waals surface area contributed by atoms with Gasteiger partial charge in [-0.05, 0) is 25.0 Å². The molecule has 1 atom stereocenters. The molecule has 120 valence electrons. The number of carbonyl (C=O) groups is 2. The molecule has 2 aliphatic heterocycles. The van der Waals surface area contributed by atoms with Crippen molar-refractivity contribution in [1.29, 1.82) is 0 Å². The van der Waals surface area contributed by atoms with E-state index in [9.17, 15) is 9.59 Å². The molecule has 1 aromatic rings. The summed E-state index contributed by atoms with van der Waals surface area (Å²) in [5, 5.41) is 0. The number of likely N-dealkylation sites (tertiary alicyclic amines) is 1. The predicted molar refractivity (Wildman–Crippen MR) is 81.1 cm³/mol. The Balaban J connectivity index is 1.71. The van der Waals surface area contributed by atoms with E-state index in [0.29, 0.717) is 32.7 Å². The van der Waals surface area contributed by atoms with Gasteiger partial charge in [-0.25, -0.2) is 0 Å². The van der Waals surface area contributed by atoms with Crippen LogP contribution >= 0.6 is 0 Å². The van der Waals surface area contributed by atoms with Crippen LogP contribution in [-0.4, -0.2) is 59.0 Å². The van der Waals surface area contributed by atoms with Crippen LogP contribution in [0, 0.1) is 0 Å². The third kappa shape index (κ3) is 3.02. The zero-order valence-electron chi connectivity index (χ0n) is 13.0. The molecule has 6 nitrogen and oxygen atoms in total. The molecule has 2 saturated heterocycles. The van der Waals surface area contributed by atoms with Crippen molar-refractivity contribution in [2.24, 2.45) is 7.05 Å². The molecule has 22 heavy (non-hydrogen) atoms. The Bertz CT molecular complexity index is 555. The molecular formula is C16H23N3O3. The second kappa shape index (κ2) is 6.52. The van der Waals surface area contributed by atoms with Crippen LogP contribution in [0.25, 0.3) is 0 Å². The molecule has 2 fully saturated rings. The summed E-state index contributed by atoms with van der Waals surface area (Å²) in [4.78, 5) is 28.2. The molecule has 2 amide bonds. The highest BCUT2D eigenvalue weighted by Gasteiger charge is 2.32. The highest BCUT2D eigenvalue weighted by Crippen LogP contribution is 2.24. The van der Waals surface area contributed by atoms with Crippen molar-refractivity contribution in [3.8, 4) is 0 Å². The number of amides is 2. The van der Waals surface area contributed by atoms with Crippen LogP contribution in [0.1, 0.15) is 31.0 Å². The summed E-state index contributed by atoms with van der Waals surface area (Å²) >= 11 is 0. The van der Waals surface area contributed by atoms with Gasteiger partial charge < -0.3 is 19.1 Å². The first kappa shape index (κ1) is 15.1. The lowest BCUT2D eigenvalue weighted by atomic mass is 10.1. The summed E-state index contributed by atoms with van der Waals surface area (Å²) in [5.74, 6) is 0.119. The fraction of sp³-hybridized carbons (Fsp3) is 0.625. The molecule has 0 aliphatic carbocycles. The SMILES string of the molecule is Cn1cccc1[C@@H]1COCCN1C(=O)CN1CCCCC1=O. The summed E-state index contributed by atoms with van der Waals surface area (Å²) < 4.78 is 7.58. The van der Waals surface area contributed by atoms with Gasteiger partial charge in [0.25, 0.3) is 0 Å². The van der Waals surface area contributed by atoms with Crippen molar-refractivity contribution in [3.05, 3.63) is 24.0 Å². The Hall–Kier alpha value is -1.82. The molecule has 2 aliphatic rings. The number of nitrogens with zero attached hydrogens (tertiary/aromatic N) is 3. The lowest BCUT2D eigenvalue weighted by Crippen LogP contribution is -2.49. The molecule has 0 N–H and O–H groups in total. The molecule has 3 rings (SSSR count). The van der Waals surface area contributed by atoms with Crippen LogP contribution in [0.4, 0.5) is 0 Å². The minimum Gasteiger partial charge on any atom is -0.377 e. The van der Waals surface area contributed by atoms with Gasteiger partial charge in [-0.1, -0.05) is 0 Å². The standard InChI is InChI=1S/C16H23N3O3/c1-17-7-4-5-13(17)14-12-22-10-9-19(14)16(21)11-18-8-3-2-6-15(18)20/h4-5,7,14H,2-3,6,8-12H2,1H3/t14-/m0/s1. The molecule has 0 spiro atoms. The zero-order chi connectivity index (χ0) is 15.5. The number of piperidine rings is 1. The highest BCUT2D eigenvalue weighted by atomic mass is 16.5. The smallest absolute Gasteiger partial charge is 0.242 e. The first-order valence-electron chi connectivity index (χ1n) is 7.93. The minimum absolute atomic E-state index is 0.0183. The van der Waals surface area contributed by atoms with Gasteiger partial charge in [0.1, 0.15) is 0 Å². The van der Waals surface area contributed by atoms with E-state index in [4.69, 9.17) is 4.74 Å². The van der Waals surface area contributed by atoms with Gasteiger partial charge in [-0.2, -0.15) is 0 Å². The number of rotatable bonds is 3. The Morgan fingerprint density at radius 2 is 2.23 bits per heavy atom. The quantitative estimate of drug-likeness (QED) is 0.835. The summed E-state index contributed by atoms with van der Waals surface area (Å²) in [5.41, 5.74) is 1.07. The lowest BCUT2D eigenvalue weighted by molar-refractivity contribution is -0.147. The third-order valence-corrected chi connectivity index (χ3v) is 4.52. The molecule has 0 unspecified atom stereocenters. The Labute approximate surface area is 130 Å². The van der Waals surface area contributed by atoms with Crippen LogP contribution in [0.15, 0.2) is 18.3 Å². The van der Waals surface area contributed by atoms with Crippen molar-refractivity contribution in [3.63, 3.8) is 0 Å². The van der Waals surface area contributed by atoms with Gasteiger partial charge in [0.15, 0.2) is 0 Å². The van der Waals surface area contributed by atoms with Gasteiger partial charge in [0, 0.05) is 38.4 Å². The number of morpholine rings is 1. The molecule has 0 aromatic carbocycles. The second-order valence-corrected chi connectivity index (χ2v) is 5.99. The number of aryl methyl sites for hydroxylation is 1. The number of hydrogen-bond donors (Lipinski definition) is 0. The maximum atomic E-state index is 12.7. The first-order chi connectivity index (χ1) is 10.7. The number of aromatic nitrogens is 1. The van der Waals surface area contributed by atoms with E-state index in [1.165, 1.54) is 0 Å². The normalized spacial score (nSPS) is 23.0. The van der Waals surface area contributed by atoms with Gasteiger partial charge >= 0.3 is 0 Å². The minimum atomic E-state index is -0.0684. The average molecular weight is 305 g/mol. The molecule has 1 aromatic heterocycles. The molecule has 0 saturated carbocycles. The Morgan fingerprint density at radius 1 is 1.36 bits per heavy atom. The molecule has 0 bridgehead atoms. The molecule has 0 radical (unpaired) electrons. The number of ether oxygens (including phenoxy) is 1. The summed E-state index contributed by atoms with van der Waals surface area (Å²) in [6.45, 7) is 2.54. The van der Waals surface area contributed by atoms with Crippen LogP contribution in [0.2, 0.25) is 0 Å². The van der Waals surface area contributed by atoms with E-state index in [0.717, 1.165) is 18.5 Å². The summed E-state index contributed by atoms with van der Waals surface area (Å²) in [6.07, 6.45) is 4.47. The molecule has 6 heteroatoms. The van der Waals surface area contributed by atoms with E-state index in [1.807, 2.05) is 34.8 Å². The Kier molecular flexibility index (Phi) is 4.47. The lowest BCUT2D eigenvalue weighted by Gasteiger charge is -2.37. The highest BCUT2D eigenvalue weighted by molar-refractivity contribution is 5.85. The number of hydrogen-bond acceptors (Lipinski definition) is 3. The van der Waals surface area contributed by atoms with Crippen molar-refractivity contribution in [2.75, 3.05) is 32.8 Å². The van der Waals surface area contributed by atoms with Gasteiger partial charge in [0.2, 0.25) is 11.8 Å². The van der Waals surface area contributed by atoms with Gasteiger partial charge in [-0.3, -0.25) is 9.59 Å². The van der Waals surface area contributed by atoms with Crippen LogP contribution < -0.4 is 0 Å². The van der Waals surface area contributed by atoms with E-state index in [1.54, 1.807) is 4.90 Å². The van der Waals surface area contributed by atoms with Gasteiger partial charge in [-0.15, -0.1) is 0 Å². The second-order valence-electron chi connectivity index (χ2n) is 5.99. The first-order valence-corrected chi connectivity index (χ1v) is 7.93. The van der Waals surface area contributed by atoms with Crippen LogP contribution in [0.3, 0.4) is 0 Å². The van der Waals surface area contributed by atoms with Crippen molar-refractivity contribution in [1.82, 2.24) is 14.4 Å². The zero-order valence-corrected chi connectivity index (χ0v) is 13.0. The fourth-order valence-electron chi connectivity index (χ4n) is 3.25. The van der Waals surface area contributed by atoms with Crippen molar-refractivity contribution < 1.29 is 14.3 Å². The van der Waals surface area contributed by atoms with Crippen LogP contribution in [0.5, 0.6) is 0 Å². The van der Waals surface area contributed by atoms with E-state index in [-0.39, 0.29) is 24.4 Å². The largest absolute Gasteiger partial charge is 0.377 e. The van der Waals surface area contributed by atoms with Crippen molar-refractivity contribution in [2.45, 2.75) is 25.3 Å². The maximum Gasteiger partial charge on any atom is 0.242 e. The Morgan fingerprint density at radius 3 is 2.95 bits per heavy atom. The van der Waals surface area contributed by atoms with Crippen molar-refractivity contribution >= 4 is 11.8 Å². The fourth-order valence-corrected chi connectivity index (χ4v) is 3.25. The van der Waals surface area contributed by atoms with E-state index in [2.05, 4.69) is 0 Å². The number of carbonyl (C=O) groups excluding carboxylic acids is 2. The summed E-state index contributed by atoms with van der Waals surface area (Å²) in [6, 6.07) is 3.92. The molecular weight excluding hydrogens is 282 g/mol. The average Bonchev–Trinajstić information content (AvgIpc) is 2.95. The van der Waals surface area contributed by atoms with Crippen LogP contribution in [-0.2, 0) is 21.4 Å². The van der Waals surface area contributed by atoms with E-state index < -0.39 is 0 Å². The topological polar surface area (TPSA) is 54.8 Å². The van der Waals surface area contributed by atoms with Gasteiger partial charge in [0.05, 0.1) is 25.8 Å². The monoisotopic (exact) mass is 305 g/mol. The molecule has 3 heterocycles. The maximum absolute atomic E-state index is 12.7. The summed E-state index contributed by atoms with van der Waals surface area (Å²) in [7, 11) is 1.97. The third-order valence-electron chi connectivity index (χ3n) is 4.52.